The molecule has 96 valence electrons. The topological polar surface area (TPSA) is 43.8 Å². The quantitative estimate of drug-likeness (QED) is 0.871. The molecule has 3 nitrogen and oxygen atoms in total. The Bertz CT molecular complexity index is 337. The summed E-state index contributed by atoms with van der Waals surface area (Å²) in [5.41, 5.74) is 7.33. The molecule has 1 heterocycles. The van der Waals surface area contributed by atoms with Gasteiger partial charge in [0.2, 0.25) is 0 Å². The predicted octanol–water partition coefficient (Wildman–Crippen LogP) is 3.09. The van der Waals surface area contributed by atoms with Gasteiger partial charge in [-0.1, -0.05) is 33.1 Å². The van der Waals surface area contributed by atoms with E-state index in [0.717, 1.165) is 0 Å². The number of nitrogens with zero attached hydrogens (tertiary/aromatic N) is 2. The molecule has 1 aliphatic carbocycles. The van der Waals surface area contributed by atoms with Crippen LogP contribution < -0.4 is 5.73 Å². The zero-order valence-corrected chi connectivity index (χ0v) is 11.1. The van der Waals surface area contributed by atoms with E-state index in [0.29, 0.717) is 24.4 Å². The maximum Gasteiger partial charge on any atom is 0.0951 e. The van der Waals surface area contributed by atoms with E-state index in [1.54, 1.807) is 0 Å². The lowest BCUT2D eigenvalue weighted by Crippen LogP contribution is -2.26. The van der Waals surface area contributed by atoms with E-state index >= 15 is 0 Å². The fourth-order valence-electron chi connectivity index (χ4n) is 3.01. The highest BCUT2D eigenvalue weighted by Gasteiger charge is 2.23. The Labute approximate surface area is 104 Å². The van der Waals surface area contributed by atoms with Crippen LogP contribution in [0.15, 0.2) is 12.5 Å². The number of hydrogen-bond donors (Lipinski definition) is 1. The van der Waals surface area contributed by atoms with Crippen molar-refractivity contribution in [3.05, 3.63) is 18.2 Å². The maximum atomic E-state index is 5.91. The second-order valence-corrected chi connectivity index (χ2v) is 5.61. The first-order valence-electron chi connectivity index (χ1n) is 6.95. The number of imidazole rings is 1. The lowest BCUT2D eigenvalue weighted by molar-refractivity contribution is 0.351. The molecule has 1 atom stereocenters. The molecule has 1 aliphatic rings. The molecule has 3 heteroatoms. The van der Waals surface area contributed by atoms with E-state index < -0.39 is 0 Å². The van der Waals surface area contributed by atoms with Crippen LogP contribution in [0, 0.1) is 5.92 Å². The van der Waals surface area contributed by atoms with Crippen molar-refractivity contribution in [1.29, 1.82) is 0 Å². The van der Waals surface area contributed by atoms with Crippen LogP contribution in [0.25, 0.3) is 0 Å². The van der Waals surface area contributed by atoms with Gasteiger partial charge in [-0.3, -0.25) is 0 Å². The van der Waals surface area contributed by atoms with Crippen LogP contribution in [0.4, 0.5) is 0 Å². The summed E-state index contributed by atoms with van der Waals surface area (Å²) < 4.78 is 2.33. The summed E-state index contributed by atoms with van der Waals surface area (Å²) in [7, 11) is 0. The van der Waals surface area contributed by atoms with Gasteiger partial charge in [0.15, 0.2) is 0 Å². The SMILES string of the molecule is CC(C)C(CN)n1cncc1C1CCCCC1. The smallest absolute Gasteiger partial charge is 0.0951 e. The van der Waals surface area contributed by atoms with E-state index in [2.05, 4.69) is 29.6 Å². The third-order valence-electron chi connectivity index (χ3n) is 4.09. The van der Waals surface area contributed by atoms with Crippen LogP contribution >= 0.6 is 0 Å². The molecule has 2 rings (SSSR count). The molecule has 1 fully saturated rings. The number of hydrogen-bond acceptors (Lipinski definition) is 2. The second kappa shape index (κ2) is 5.67. The summed E-state index contributed by atoms with van der Waals surface area (Å²) in [5.74, 6) is 1.27. The fraction of sp³-hybridized carbons (Fsp3) is 0.786. The van der Waals surface area contributed by atoms with Crippen molar-refractivity contribution < 1.29 is 0 Å². The van der Waals surface area contributed by atoms with Gasteiger partial charge in [0.1, 0.15) is 0 Å². The molecule has 0 aliphatic heterocycles. The molecule has 0 saturated heterocycles. The molecule has 0 radical (unpaired) electrons. The summed E-state index contributed by atoms with van der Waals surface area (Å²) in [6, 6.07) is 0.398. The van der Waals surface area contributed by atoms with Crippen molar-refractivity contribution in [3.63, 3.8) is 0 Å². The molecule has 1 aromatic heterocycles. The van der Waals surface area contributed by atoms with Gasteiger partial charge in [-0.25, -0.2) is 4.98 Å². The Morgan fingerprint density at radius 3 is 2.65 bits per heavy atom. The Morgan fingerprint density at radius 1 is 1.35 bits per heavy atom. The average Bonchev–Trinajstić information content (AvgIpc) is 2.80. The third kappa shape index (κ3) is 2.71. The normalized spacial score (nSPS) is 19.8. The summed E-state index contributed by atoms with van der Waals surface area (Å²) in [6.45, 7) is 5.18. The third-order valence-corrected chi connectivity index (χ3v) is 4.09. The predicted molar refractivity (Wildman–Crippen MR) is 71.0 cm³/mol. The van der Waals surface area contributed by atoms with Gasteiger partial charge < -0.3 is 10.3 Å². The van der Waals surface area contributed by atoms with Crippen molar-refractivity contribution in [2.24, 2.45) is 11.7 Å². The number of nitrogens with two attached hydrogens (primary N) is 1. The Kier molecular flexibility index (Phi) is 4.21. The van der Waals surface area contributed by atoms with Crippen molar-refractivity contribution in [2.45, 2.75) is 57.9 Å². The van der Waals surface area contributed by atoms with Gasteiger partial charge in [-0.05, 0) is 18.8 Å². The van der Waals surface area contributed by atoms with Crippen LogP contribution in [0.5, 0.6) is 0 Å². The van der Waals surface area contributed by atoms with Crippen molar-refractivity contribution in [1.82, 2.24) is 9.55 Å². The molecule has 0 bridgehead atoms. The average molecular weight is 235 g/mol. The molecule has 0 amide bonds. The number of aromatic nitrogens is 2. The zero-order valence-electron chi connectivity index (χ0n) is 11.1. The summed E-state index contributed by atoms with van der Waals surface area (Å²) >= 11 is 0. The van der Waals surface area contributed by atoms with Gasteiger partial charge in [-0.2, -0.15) is 0 Å². The highest BCUT2D eigenvalue weighted by molar-refractivity contribution is 5.09. The number of rotatable bonds is 4. The first kappa shape index (κ1) is 12.6. The molecule has 0 spiro atoms. The molecular formula is C14H25N3. The maximum absolute atomic E-state index is 5.91. The van der Waals surface area contributed by atoms with E-state index in [1.165, 1.54) is 37.8 Å². The Hall–Kier alpha value is -0.830. The molecule has 17 heavy (non-hydrogen) atoms. The highest BCUT2D eigenvalue weighted by Crippen LogP contribution is 2.34. The molecule has 1 saturated carbocycles. The first-order valence-corrected chi connectivity index (χ1v) is 6.95. The van der Waals surface area contributed by atoms with Gasteiger partial charge >= 0.3 is 0 Å². The molecule has 1 aromatic rings. The van der Waals surface area contributed by atoms with E-state index in [1.807, 2.05) is 6.33 Å². The Morgan fingerprint density at radius 2 is 2.06 bits per heavy atom. The summed E-state index contributed by atoms with van der Waals surface area (Å²) in [6.07, 6.45) is 10.8. The van der Waals surface area contributed by atoms with Crippen LogP contribution in [0.3, 0.4) is 0 Å². The van der Waals surface area contributed by atoms with Gasteiger partial charge in [0.25, 0.3) is 0 Å². The van der Waals surface area contributed by atoms with Crippen molar-refractivity contribution in [3.8, 4) is 0 Å². The Balaban J connectivity index is 2.20. The standard InChI is InChI=1S/C14H25N3/c1-11(2)13(8-15)17-10-16-9-14(17)12-6-4-3-5-7-12/h9-13H,3-8,15H2,1-2H3. The monoisotopic (exact) mass is 235 g/mol. The lowest BCUT2D eigenvalue weighted by atomic mass is 9.86. The summed E-state index contributed by atoms with van der Waals surface area (Å²) in [5, 5.41) is 0. The van der Waals surface area contributed by atoms with Gasteiger partial charge in [0.05, 0.1) is 6.33 Å². The van der Waals surface area contributed by atoms with Crippen LogP contribution in [-0.2, 0) is 0 Å². The minimum Gasteiger partial charge on any atom is -0.330 e. The summed E-state index contributed by atoms with van der Waals surface area (Å²) in [4.78, 5) is 4.36. The van der Waals surface area contributed by atoms with Crippen LogP contribution in [0.1, 0.15) is 63.6 Å². The van der Waals surface area contributed by atoms with Crippen LogP contribution in [-0.4, -0.2) is 16.1 Å². The minimum atomic E-state index is 0.398. The van der Waals surface area contributed by atoms with Crippen LogP contribution in [0.2, 0.25) is 0 Å². The van der Waals surface area contributed by atoms with E-state index in [4.69, 9.17) is 5.73 Å². The highest BCUT2D eigenvalue weighted by atomic mass is 15.1. The van der Waals surface area contributed by atoms with E-state index in [-0.39, 0.29) is 0 Å². The van der Waals surface area contributed by atoms with Crippen molar-refractivity contribution in [2.75, 3.05) is 6.54 Å². The molecule has 0 aromatic carbocycles. The lowest BCUT2D eigenvalue weighted by Gasteiger charge is -2.28. The van der Waals surface area contributed by atoms with Crippen molar-refractivity contribution >= 4 is 0 Å². The zero-order chi connectivity index (χ0) is 12.3. The fourth-order valence-corrected chi connectivity index (χ4v) is 3.01. The van der Waals surface area contributed by atoms with E-state index in [9.17, 15) is 0 Å². The van der Waals surface area contributed by atoms with Gasteiger partial charge in [0, 0.05) is 30.4 Å². The second-order valence-electron chi connectivity index (χ2n) is 5.61. The first-order chi connectivity index (χ1) is 8.24. The molecule has 1 unspecified atom stereocenters. The molecular weight excluding hydrogens is 210 g/mol. The largest absolute Gasteiger partial charge is 0.330 e. The molecule has 2 N–H and O–H groups in total. The minimum absolute atomic E-state index is 0.398. The van der Waals surface area contributed by atoms with Gasteiger partial charge in [-0.15, -0.1) is 0 Å².